The van der Waals surface area contributed by atoms with Gasteiger partial charge in [0.1, 0.15) is 14.1 Å². The molecule has 9 heavy (non-hydrogen) atoms. The van der Waals surface area contributed by atoms with E-state index in [-0.39, 0.29) is 12.5 Å². The van der Waals surface area contributed by atoms with Crippen LogP contribution in [0.25, 0.3) is 0 Å². The minimum absolute atomic E-state index is 0.00194. The van der Waals surface area contributed by atoms with Gasteiger partial charge in [0.25, 0.3) is 0 Å². The van der Waals surface area contributed by atoms with Gasteiger partial charge in [-0.05, 0) is 6.32 Å². The van der Waals surface area contributed by atoms with E-state index in [1.807, 2.05) is 0 Å². The molecule has 0 aromatic rings. The molecule has 1 amide bonds. The smallest absolute Gasteiger partial charge is 0.214 e. The summed E-state index contributed by atoms with van der Waals surface area (Å²) < 4.78 is 0. The highest BCUT2D eigenvalue weighted by Gasteiger charge is 2.02. The van der Waals surface area contributed by atoms with Crippen LogP contribution in [-0.4, -0.2) is 38.5 Å². The molecular weight excluding hydrogens is 117 g/mol. The average Bonchev–Trinajstić information content (AvgIpc) is 1.87. The molecule has 0 aromatic heterocycles. The number of rotatable bonds is 3. The number of likely N-dealkylation sites (N-methyl/N-ethyl adjacent to an activating group) is 1. The van der Waals surface area contributed by atoms with E-state index < -0.39 is 0 Å². The summed E-state index contributed by atoms with van der Waals surface area (Å²) in [5, 5.41) is 0. The van der Waals surface area contributed by atoms with E-state index in [0.29, 0.717) is 12.6 Å². The van der Waals surface area contributed by atoms with Gasteiger partial charge in [-0.1, -0.05) is 0 Å². The maximum atomic E-state index is 10.7. The fraction of sp³-hybridized carbons (Fsp3) is 0.600. The van der Waals surface area contributed by atoms with Gasteiger partial charge in [-0.3, -0.25) is 4.79 Å². The summed E-state index contributed by atoms with van der Waals surface area (Å²) in [4.78, 5) is 21.9. The molecule has 0 unspecified atom stereocenters. The molecule has 0 saturated carbocycles. The van der Waals surface area contributed by atoms with Crippen LogP contribution in [0.4, 0.5) is 0 Å². The molecule has 0 aliphatic rings. The number of nitrogens with zero attached hydrogens (tertiary/aromatic N) is 1. The van der Waals surface area contributed by atoms with Gasteiger partial charge in [-0.2, -0.15) is 0 Å². The maximum absolute atomic E-state index is 10.7. The first-order valence-electron chi connectivity index (χ1n) is 2.90. The Morgan fingerprint density at radius 2 is 2.33 bits per heavy atom. The van der Waals surface area contributed by atoms with Crippen molar-refractivity contribution < 1.29 is 9.59 Å². The Balaban J connectivity index is 3.58. The van der Waals surface area contributed by atoms with Crippen LogP contribution in [0, 0.1) is 0 Å². The van der Waals surface area contributed by atoms with Gasteiger partial charge >= 0.3 is 0 Å². The molecule has 0 saturated heterocycles. The number of hydrogen-bond donors (Lipinski definition) is 0. The lowest BCUT2D eigenvalue weighted by molar-refractivity contribution is -0.129. The van der Waals surface area contributed by atoms with Crippen LogP contribution >= 0.6 is 0 Å². The van der Waals surface area contributed by atoms with E-state index in [9.17, 15) is 9.59 Å². The second kappa shape index (κ2) is 4.12. The molecule has 0 rings (SSSR count). The van der Waals surface area contributed by atoms with E-state index in [1.54, 1.807) is 14.9 Å². The Bertz CT molecular complexity index is 116. The van der Waals surface area contributed by atoms with Crippen molar-refractivity contribution in [2.45, 2.75) is 6.32 Å². The minimum atomic E-state index is 0.00194. The highest BCUT2D eigenvalue weighted by Crippen LogP contribution is 1.84. The fourth-order valence-corrected chi connectivity index (χ4v) is 0.484. The number of carbonyl (C=O) groups is 2. The molecular formula is C5H10BNO2. The van der Waals surface area contributed by atoms with E-state index in [4.69, 9.17) is 0 Å². The van der Waals surface area contributed by atoms with E-state index in [0.717, 1.165) is 0 Å². The Labute approximate surface area is 55.4 Å². The van der Waals surface area contributed by atoms with Gasteiger partial charge in [0.15, 0.2) is 0 Å². The summed E-state index contributed by atoms with van der Waals surface area (Å²) in [5.41, 5.74) is 0. The second-order valence-electron chi connectivity index (χ2n) is 1.79. The van der Waals surface area contributed by atoms with Crippen molar-refractivity contribution in [3.05, 3.63) is 0 Å². The van der Waals surface area contributed by atoms with Crippen LogP contribution in [0.15, 0.2) is 0 Å². The molecule has 0 spiro atoms. The molecule has 0 bridgehead atoms. The van der Waals surface area contributed by atoms with Crippen molar-refractivity contribution in [2.75, 3.05) is 13.6 Å². The highest BCUT2D eigenvalue weighted by atomic mass is 16.2. The van der Waals surface area contributed by atoms with Gasteiger partial charge < -0.3 is 9.69 Å². The quantitative estimate of drug-likeness (QED) is 0.349. The van der Waals surface area contributed by atoms with Crippen LogP contribution in [0.1, 0.15) is 0 Å². The molecule has 3 nitrogen and oxygen atoms in total. The van der Waals surface area contributed by atoms with Crippen LogP contribution in [0.3, 0.4) is 0 Å². The third kappa shape index (κ3) is 2.90. The predicted octanol–water partition coefficient (Wildman–Crippen LogP) is -1.30. The van der Waals surface area contributed by atoms with Crippen LogP contribution < -0.4 is 0 Å². The molecule has 0 fully saturated rings. The first kappa shape index (κ1) is 8.20. The Morgan fingerprint density at radius 1 is 1.78 bits per heavy atom. The summed E-state index contributed by atoms with van der Waals surface area (Å²) in [6, 6.07) is 0. The van der Waals surface area contributed by atoms with Crippen molar-refractivity contribution in [1.82, 2.24) is 4.90 Å². The van der Waals surface area contributed by atoms with Crippen LogP contribution in [0.5, 0.6) is 0 Å². The van der Waals surface area contributed by atoms with Gasteiger partial charge in [-0.25, -0.2) is 0 Å². The zero-order chi connectivity index (χ0) is 7.28. The van der Waals surface area contributed by atoms with E-state index in [1.165, 1.54) is 4.90 Å². The molecule has 0 aliphatic heterocycles. The zero-order valence-electron chi connectivity index (χ0n) is 5.76. The third-order valence-electron chi connectivity index (χ3n) is 1.08. The van der Waals surface area contributed by atoms with Crippen molar-refractivity contribution in [1.29, 1.82) is 0 Å². The molecule has 0 radical (unpaired) electrons. The summed E-state index contributed by atoms with van der Waals surface area (Å²) in [7, 11) is 3.38. The predicted molar refractivity (Wildman–Crippen MR) is 37.1 cm³/mol. The van der Waals surface area contributed by atoms with Crippen molar-refractivity contribution in [3.8, 4) is 0 Å². The van der Waals surface area contributed by atoms with Crippen LogP contribution in [0.2, 0.25) is 6.32 Å². The molecule has 0 aliphatic carbocycles. The van der Waals surface area contributed by atoms with Gasteiger partial charge in [0, 0.05) is 7.05 Å². The largest absolute Gasteiger partial charge is 0.339 e. The number of carbonyl (C=O) groups excluding carboxylic acids is 2. The lowest BCUT2D eigenvalue weighted by Crippen LogP contribution is -2.27. The zero-order valence-corrected chi connectivity index (χ0v) is 5.76. The molecule has 0 atom stereocenters. The monoisotopic (exact) mass is 127 g/mol. The molecule has 0 heterocycles. The van der Waals surface area contributed by atoms with Gasteiger partial charge in [0.2, 0.25) is 5.91 Å². The highest BCUT2D eigenvalue weighted by molar-refractivity contribution is 6.19. The normalized spacial score (nSPS) is 8.56. The Morgan fingerprint density at radius 3 is 2.67 bits per heavy atom. The van der Waals surface area contributed by atoms with Crippen molar-refractivity contribution in [3.63, 3.8) is 0 Å². The SMILES string of the molecule is BCC(=O)N(C)CC=O. The van der Waals surface area contributed by atoms with E-state index in [2.05, 4.69) is 0 Å². The topological polar surface area (TPSA) is 37.4 Å². The molecule has 0 N–H and O–H groups in total. The second-order valence-corrected chi connectivity index (χ2v) is 1.79. The standard InChI is InChI=1S/C5H10BNO2/c1-7(2-3-8)5(9)4-6/h3H,2,4,6H2,1H3. The van der Waals surface area contributed by atoms with Gasteiger partial charge in [0.05, 0.1) is 6.54 Å². The Kier molecular flexibility index (Phi) is 3.76. The number of aldehydes is 1. The first-order chi connectivity index (χ1) is 4.22. The Hall–Kier alpha value is -0.795. The molecule has 50 valence electrons. The first-order valence-corrected chi connectivity index (χ1v) is 2.90. The van der Waals surface area contributed by atoms with E-state index >= 15 is 0 Å². The maximum Gasteiger partial charge on any atom is 0.214 e. The minimum Gasteiger partial charge on any atom is -0.339 e. The lowest BCUT2D eigenvalue weighted by atomic mass is 10.0. The summed E-state index contributed by atoms with van der Waals surface area (Å²) in [6.07, 6.45) is 1.18. The lowest BCUT2D eigenvalue weighted by Gasteiger charge is -2.10. The summed E-state index contributed by atoms with van der Waals surface area (Å²) in [5.74, 6) is 0.00194. The van der Waals surface area contributed by atoms with Crippen LogP contribution in [-0.2, 0) is 9.59 Å². The summed E-state index contributed by atoms with van der Waals surface area (Å²) >= 11 is 0. The third-order valence-corrected chi connectivity index (χ3v) is 1.08. The number of hydrogen-bond acceptors (Lipinski definition) is 2. The number of amides is 1. The fourth-order valence-electron chi connectivity index (χ4n) is 0.484. The van der Waals surface area contributed by atoms with Crippen molar-refractivity contribution >= 4 is 20.0 Å². The summed E-state index contributed by atoms with van der Waals surface area (Å²) in [6.45, 7) is 0.201. The van der Waals surface area contributed by atoms with Crippen molar-refractivity contribution in [2.24, 2.45) is 0 Å². The molecule has 0 aromatic carbocycles. The van der Waals surface area contributed by atoms with Gasteiger partial charge in [-0.15, -0.1) is 0 Å². The average molecular weight is 127 g/mol. The molecule has 4 heteroatoms.